The molecule has 1 fully saturated rings. The number of hydrogen-bond acceptors (Lipinski definition) is 4. The van der Waals surface area contributed by atoms with Crippen molar-refractivity contribution in [2.75, 3.05) is 20.3 Å². The summed E-state index contributed by atoms with van der Waals surface area (Å²) in [5.41, 5.74) is 0. The molecule has 4 heteroatoms. The van der Waals surface area contributed by atoms with Gasteiger partial charge in [0.1, 0.15) is 5.75 Å². The number of hydrogen-bond donors (Lipinski definition) is 0. The maximum Gasteiger partial charge on any atom is 0.178 e. The van der Waals surface area contributed by atoms with Crippen LogP contribution in [0.4, 0.5) is 0 Å². The van der Waals surface area contributed by atoms with Gasteiger partial charge in [-0.2, -0.15) is 0 Å². The van der Waals surface area contributed by atoms with Crippen LogP contribution in [0.2, 0.25) is 0 Å². The molecular formula is C10H12O3S. The molecular weight excluding hydrogens is 200 g/mol. The van der Waals surface area contributed by atoms with E-state index in [0.717, 1.165) is 17.0 Å². The maximum absolute atomic E-state index is 11.9. The Morgan fingerprint density at radius 2 is 2.57 bits per heavy atom. The molecule has 1 aliphatic heterocycles. The number of ketones is 1. The zero-order valence-electron chi connectivity index (χ0n) is 7.99. The highest BCUT2D eigenvalue weighted by Gasteiger charge is 2.25. The molecule has 0 aliphatic carbocycles. The average Bonchev–Trinajstić information content (AvgIpc) is 2.88. The van der Waals surface area contributed by atoms with E-state index >= 15 is 0 Å². The van der Waals surface area contributed by atoms with Gasteiger partial charge in [-0.05, 0) is 6.42 Å². The Bertz CT molecular complexity index is 326. The Labute approximate surface area is 86.6 Å². The van der Waals surface area contributed by atoms with Gasteiger partial charge in [0.05, 0.1) is 18.6 Å². The molecule has 1 atom stereocenters. The van der Waals surface area contributed by atoms with Gasteiger partial charge in [-0.15, -0.1) is 11.3 Å². The average molecular weight is 212 g/mol. The molecule has 3 nitrogen and oxygen atoms in total. The van der Waals surface area contributed by atoms with E-state index in [9.17, 15) is 4.79 Å². The monoisotopic (exact) mass is 212 g/mol. The molecule has 1 aliphatic rings. The van der Waals surface area contributed by atoms with Gasteiger partial charge in [0.2, 0.25) is 0 Å². The molecule has 2 rings (SSSR count). The van der Waals surface area contributed by atoms with Crippen molar-refractivity contribution in [2.24, 2.45) is 5.92 Å². The SMILES string of the molecule is COc1csc(C(=O)C2CCOC2)c1. The summed E-state index contributed by atoms with van der Waals surface area (Å²) in [6, 6.07) is 1.80. The van der Waals surface area contributed by atoms with E-state index in [1.807, 2.05) is 5.38 Å². The molecule has 76 valence electrons. The summed E-state index contributed by atoms with van der Waals surface area (Å²) in [6.45, 7) is 1.28. The van der Waals surface area contributed by atoms with Crippen LogP contribution in [0.5, 0.6) is 5.75 Å². The van der Waals surface area contributed by atoms with Crippen molar-refractivity contribution >= 4 is 17.1 Å². The number of methoxy groups -OCH3 is 1. The van der Waals surface area contributed by atoms with Gasteiger partial charge in [0.15, 0.2) is 5.78 Å². The van der Waals surface area contributed by atoms with E-state index in [-0.39, 0.29) is 11.7 Å². The van der Waals surface area contributed by atoms with Crippen molar-refractivity contribution in [1.29, 1.82) is 0 Å². The largest absolute Gasteiger partial charge is 0.496 e. The zero-order valence-corrected chi connectivity index (χ0v) is 8.80. The summed E-state index contributed by atoms with van der Waals surface area (Å²) in [5.74, 6) is 1.01. The molecule has 0 radical (unpaired) electrons. The summed E-state index contributed by atoms with van der Waals surface area (Å²) in [4.78, 5) is 12.6. The van der Waals surface area contributed by atoms with Crippen LogP contribution in [0.3, 0.4) is 0 Å². The van der Waals surface area contributed by atoms with Gasteiger partial charge in [0, 0.05) is 24.0 Å². The molecule has 1 unspecified atom stereocenters. The number of carbonyl (C=O) groups is 1. The third kappa shape index (κ3) is 1.81. The Morgan fingerprint density at radius 3 is 3.14 bits per heavy atom. The van der Waals surface area contributed by atoms with E-state index in [0.29, 0.717) is 13.2 Å². The van der Waals surface area contributed by atoms with Crippen LogP contribution in [0.15, 0.2) is 11.4 Å². The van der Waals surface area contributed by atoms with Gasteiger partial charge in [0.25, 0.3) is 0 Å². The summed E-state index contributed by atoms with van der Waals surface area (Å²) in [7, 11) is 1.61. The second kappa shape index (κ2) is 4.11. The fraction of sp³-hybridized carbons (Fsp3) is 0.500. The second-order valence-corrected chi connectivity index (χ2v) is 4.19. The number of Topliss-reactive ketones (excluding diaryl/α,β-unsaturated/α-hetero) is 1. The minimum atomic E-state index is 0.0540. The molecule has 0 saturated carbocycles. The number of thiophene rings is 1. The second-order valence-electron chi connectivity index (χ2n) is 3.28. The number of carbonyl (C=O) groups excluding carboxylic acids is 1. The number of rotatable bonds is 3. The van der Waals surface area contributed by atoms with Crippen molar-refractivity contribution in [3.05, 3.63) is 16.3 Å². The van der Waals surface area contributed by atoms with Gasteiger partial charge < -0.3 is 9.47 Å². The Kier molecular flexibility index (Phi) is 2.84. The molecule has 0 bridgehead atoms. The summed E-state index contributed by atoms with van der Waals surface area (Å²) in [5, 5.41) is 1.85. The van der Waals surface area contributed by atoms with E-state index in [1.54, 1.807) is 13.2 Å². The standard InChI is InChI=1S/C10H12O3S/c1-12-8-4-9(14-6-8)10(11)7-2-3-13-5-7/h4,6-7H,2-3,5H2,1H3. The smallest absolute Gasteiger partial charge is 0.178 e. The van der Waals surface area contributed by atoms with Gasteiger partial charge in [-0.25, -0.2) is 0 Å². The zero-order chi connectivity index (χ0) is 9.97. The van der Waals surface area contributed by atoms with Gasteiger partial charge in [-0.1, -0.05) is 0 Å². The molecule has 1 saturated heterocycles. The Balaban J connectivity index is 2.09. The predicted molar refractivity (Wildman–Crippen MR) is 54.1 cm³/mol. The quantitative estimate of drug-likeness (QED) is 0.719. The highest BCUT2D eigenvalue weighted by molar-refractivity contribution is 7.12. The van der Waals surface area contributed by atoms with Crippen molar-refractivity contribution in [2.45, 2.75) is 6.42 Å². The Hall–Kier alpha value is -0.870. The van der Waals surface area contributed by atoms with Gasteiger partial charge in [-0.3, -0.25) is 4.79 Å². The summed E-state index contributed by atoms with van der Waals surface area (Å²) >= 11 is 1.44. The van der Waals surface area contributed by atoms with Crippen LogP contribution in [0.25, 0.3) is 0 Å². The van der Waals surface area contributed by atoms with Crippen LogP contribution in [-0.4, -0.2) is 26.1 Å². The first-order chi connectivity index (χ1) is 6.81. The van der Waals surface area contributed by atoms with E-state index in [4.69, 9.17) is 9.47 Å². The van der Waals surface area contributed by atoms with E-state index in [1.165, 1.54) is 11.3 Å². The molecule has 0 amide bonds. The molecule has 14 heavy (non-hydrogen) atoms. The lowest BCUT2D eigenvalue weighted by Crippen LogP contribution is -2.12. The van der Waals surface area contributed by atoms with Crippen molar-refractivity contribution in [3.63, 3.8) is 0 Å². The fourth-order valence-electron chi connectivity index (χ4n) is 1.50. The lowest BCUT2D eigenvalue weighted by Gasteiger charge is -2.02. The van der Waals surface area contributed by atoms with Crippen molar-refractivity contribution in [3.8, 4) is 5.75 Å². The first kappa shape index (κ1) is 9.68. The lowest BCUT2D eigenvalue weighted by atomic mass is 10.0. The van der Waals surface area contributed by atoms with Gasteiger partial charge >= 0.3 is 0 Å². The van der Waals surface area contributed by atoms with Crippen LogP contribution >= 0.6 is 11.3 Å². The number of ether oxygens (including phenoxy) is 2. The normalized spacial score (nSPS) is 21.1. The maximum atomic E-state index is 11.9. The van der Waals surface area contributed by atoms with Crippen molar-refractivity contribution in [1.82, 2.24) is 0 Å². The predicted octanol–water partition coefficient (Wildman–Crippen LogP) is 1.98. The van der Waals surface area contributed by atoms with Crippen molar-refractivity contribution < 1.29 is 14.3 Å². The third-order valence-corrected chi connectivity index (χ3v) is 3.28. The molecule has 0 N–H and O–H groups in total. The Morgan fingerprint density at radius 1 is 1.71 bits per heavy atom. The molecule has 1 aromatic heterocycles. The van der Waals surface area contributed by atoms with Crippen LogP contribution in [-0.2, 0) is 4.74 Å². The van der Waals surface area contributed by atoms with E-state index < -0.39 is 0 Å². The fourth-order valence-corrected chi connectivity index (χ4v) is 2.37. The van der Waals surface area contributed by atoms with Crippen LogP contribution < -0.4 is 4.74 Å². The first-order valence-electron chi connectivity index (χ1n) is 4.55. The molecule has 0 spiro atoms. The van der Waals surface area contributed by atoms with Crippen LogP contribution in [0.1, 0.15) is 16.1 Å². The molecule has 1 aromatic rings. The summed E-state index contributed by atoms with van der Waals surface area (Å²) in [6.07, 6.45) is 0.846. The minimum Gasteiger partial charge on any atom is -0.496 e. The lowest BCUT2D eigenvalue weighted by molar-refractivity contribution is 0.0904. The van der Waals surface area contributed by atoms with E-state index in [2.05, 4.69) is 0 Å². The topological polar surface area (TPSA) is 35.5 Å². The molecule has 2 heterocycles. The first-order valence-corrected chi connectivity index (χ1v) is 5.43. The highest BCUT2D eigenvalue weighted by atomic mass is 32.1. The molecule has 0 aromatic carbocycles. The summed E-state index contributed by atoms with van der Waals surface area (Å²) < 4.78 is 10.2. The third-order valence-electron chi connectivity index (χ3n) is 2.35. The van der Waals surface area contributed by atoms with Crippen LogP contribution in [0, 0.1) is 5.92 Å². The highest BCUT2D eigenvalue weighted by Crippen LogP contribution is 2.26. The minimum absolute atomic E-state index is 0.0540.